The molecule has 1 aliphatic rings. The first-order chi connectivity index (χ1) is 10.1. The number of aliphatic hydroxyl groups is 1. The molecule has 2 aromatic rings. The highest BCUT2D eigenvalue weighted by molar-refractivity contribution is 5.77. The smallest absolute Gasteiger partial charge is 0.135 e. The Bertz CT molecular complexity index is 576. The summed E-state index contributed by atoms with van der Waals surface area (Å²) in [7, 11) is 1.76. The fourth-order valence-corrected chi connectivity index (χ4v) is 3.13. The van der Waals surface area contributed by atoms with Crippen LogP contribution in [-0.2, 0) is 4.74 Å². The molecule has 0 spiro atoms. The zero-order chi connectivity index (χ0) is 14.9. The third-order valence-electron chi connectivity index (χ3n) is 4.43. The first-order valence-corrected chi connectivity index (χ1v) is 7.54. The molecule has 0 amide bonds. The van der Waals surface area contributed by atoms with Gasteiger partial charge in [0.25, 0.3) is 0 Å². The molecule has 4 heteroatoms. The third-order valence-corrected chi connectivity index (χ3v) is 4.43. The minimum absolute atomic E-state index is 0.105. The summed E-state index contributed by atoms with van der Waals surface area (Å²) in [6.07, 6.45) is 1.56. The van der Waals surface area contributed by atoms with Gasteiger partial charge in [0.2, 0.25) is 0 Å². The van der Waals surface area contributed by atoms with E-state index >= 15 is 0 Å². The average molecular weight is 289 g/mol. The van der Waals surface area contributed by atoms with Crippen LogP contribution < -0.4 is 0 Å². The highest BCUT2D eigenvalue weighted by atomic mass is 16.5. The van der Waals surface area contributed by atoms with Crippen LogP contribution in [0.2, 0.25) is 0 Å². The highest BCUT2D eigenvalue weighted by Crippen LogP contribution is 2.28. The van der Waals surface area contributed by atoms with Gasteiger partial charge in [0.1, 0.15) is 17.4 Å². The quantitative estimate of drug-likeness (QED) is 0.940. The minimum Gasteiger partial charge on any atom is -0.458 e. The second-order valence-corrected chi connectivity index (χ2v) is 6.20. The van der Waals surface area contributed by atoms with Gasteiger partial charge < -0.3 is 14.3 Å². The Morgan fingerprint density at radius 1 is 1.43 bits per heavy atom. The second-order valence-electron chi connectivity index (χ2n) is 6.20. The molecule has 0 radical (unpaired) electrons. The van der Waals surface area contributed by atoms with Crippen molar-refractivity contribution in [3.8, 4) is 0 Å². The number of hydrogen-bond donors (Lipinski definition) is 1. The Morgan fingerprint density at radius 2 is 2.24 bits per heavy atom. The topological polar surface area (TPSA) is 45.8 Å². The largest absolute Gasteiger partial charge is 0.458 e. The number of aliphatic hydroxyl groups excluding tert-OH is 1. The van der Waals surface area contributed by atoms with Crippen LogP contribution in [0.25, 0.3) is 11.0 Å². The van der Waals surface area contributed by atoms with Crippen molar-refractivity contribution in [3.05, 3.63) is 36.1 Å². The standard InChI is InChI=1S/C17H23NO3/c1-17(20-2)8-5-9-18(12-17)11-14(19)16-10-13-6-3-4-7-15(13)21-16/h3-4,6-7,10,14,19H,5,8-9,11-12H2,1-2H3. The molecule has 114 valence electrons. The van der Waals surface area contributed by atoms with Crippen LogP contribution in [0.5, 0.6) is 0 Å². The second kappa shape index (κ2) is 5.79. The van der Waals surface area contributed by atoms with Gasteiger partial charge >= 0.3 is 0 Å². The lowest BCUT2D eigenvalue weighted by Crippen LogP contribution is -2.48. The van der Waals surface area contributed by atoms with E-state index in [1.165, 1.54) is 0 Å². The van der Waals surface area contributed by atoms with Gasteiger partial charge in [-0.15, -0.1) is 0 Å². The maximum Gasteiger partial charge on any atom is 0.135 e. The van der Waals surface area contributed by atoms with E-state index < -0.39 is 6.10 Å². The van der Waals surface area contributed by atoms with Crippen LogP contribution in [0.1, 0.15) is 31.6 Å². The molecule has 2 unspecified atom stereocenters. The summed E-state index contributed by atoms with van der Waals surface area (Å²) in [6.45, 7) is 4.56. The molecule has 1 fully saturated rings. The van der Waals surface area contributed by atoms with E-state index in [4.69, 9.17) is 9.15 Å². The molecule has 4 nitrogen and oxygen atoms in total. The summed E-state index contributed by atoms with van der Waals surface area (Å²) < 4.78 is 11.3. The number of hydrogen-bond acceptors (Lipinski definition) is 4. The number of furan rings is 1. The van der Waals surface area contributed by atoms with Crippen LogP contribution in [0.15, 0.2) is 34.7 Å². The van der Waals surface area contributed by atoms with E-state index in [2.05, 4.69) is 11.8 Å². The minimum atomic E-state index is -0.600. The van der Waals surface area contributed by atoms with Crippen LogP contribution in [0, 0.1) is 0 Å². The van der Waals surface area contributed by atoms with E-state index in [9.17, 15) is 5.11 Å². The van der Waals surface area contributed by atoms with Crippen molar-refractivity contribution >= 4 is 11.0 Å². The van der Waals surface area contributed by atoms with Crippen LogP contribution in [-0.4, -0.2) is 42.4 Å². The number of benzene rings is 1. The first-order valence-electron chi connectivity index (χ1n) is 7.54. The van der Waals surface area contributed by atoms with E-state index in [0.29, 0.717) is 12.3 Å². The predicted molar refractivity (Wildman–Crippen MR) is 82.3 cm³/mol. The van der Waals surface area contributed by atoms with Crippen molar-refractivity contribution in [1.82, 2.24) is 4.90 Å². The Hall–Kier alpha value is -1.36. The molecular weight excluding hydrogens is 266 g/mol. The Labute approximate surface area is 125 Å². The van der Waals surface area contributed by atoms with E-state index in [0.717, 1.165) is 36.9 Å². The van der Waals surface area contributed by atoms with Gasteiger partial charge in [0.05, 0.1) is 5.60 Å². The summed E-state index contributed by atoms with van der Waals surface area (Å²) >= 11 is 0. The summed E-state index contributed by atoms with van der Waals surface area (Å²) in [5.74, 6) is 0.640. The van der Waals surface area contributed by atoms with E-state index in [1.54, 1.807) is 7.11 Å². The normalized spacial score (nSPS) is 25.3. The van der Waals surface area contributed by atoms with Gasteiger partial charge in [-0.3, -0.25) is 4.90 Å². The van der Waals surface area contributed by atoms with Gasteiger partial charge in [0.15, 0.2) is 0 Å². The number of likely N-dealkylation sites (tertiary alicyclic amines) is 1. The molecule has 2 atom stereocenters. The van der Waals surface area contributed by atoms with Crippen molar-refractivity contribution in [2.45, 2.75) is 31.5 Å². The van der Waals surface area contributed by atoms with Crippen molar-refractivity contribution in [2.75, 3.05) is 26.7 Å². The zero-order valence-electron chi connectivity index (χ0n) is 12.7. The highest BCUT2D eigenvalue weighted by Gasteiger charge is 2.32. The lowest BCUT2D eigenvalue weighted by atomic mass is 9.94. The lowest BCUT2D eigenvalue weighted by molar-refractivity contribution is -0.0598. The number of rotatable bonds is 4. The molecule has 0 bridgehead atoms. The molecule has 0 aliphatic carbocycles. The molecule has 21 heavy (non-hydrogen) atoms. The summed E-state index contributed by atoms with van der Waals surface area (Å²) in [6, 6.07) is 9.77. The Balaban J connectivity index is 1.69. The number of methoxy groups -OCH3 is 1. The monoisotopic (exact) mass is 289 g/mol. The van der Waals surface area contributed by atoms with Crippen LogP contribution in [0.4, 0.5) is 0 Å². The van der Waals surface area contributed by atoms with Gasteiger partial charge in [-0.2, -0.15) is 0 Å². The number of ether oxygens (including phenoxy) is 1. The van der Waals surface area contributed by atoms with Gasteiger partial charge in [-0.1, -0.05) is 18.2 Å². The number of piperidine rings is 1. The van der Waals surface area contributed by atoms with Crippen molar-refractivity contribution < 1.29 is 14.3 Å². The van der Waals surface area contributed by atoms with Crippen molar-refractivity contribution in [2.24, 2.45) is 0 Å². The summed E-state index contributed by atoms with van der Waals surface area (Å²) in [5.41, 5.74) is 0.721. The lowest BCUT2D eigenvalue weighted by Gasteiger charge is -2.39. The number of fused-ring (bicyclic) bond motifs is 1. The molecule has 1 N–H and O–H groups in total. The summed E-state index contributed by atoms with van der Waals surface area (Å²) in [4.78, 5) is 2.25. The molecule has 0 saturated carbocycles. The van der Waals surface area contributed by atoms with Crippen LogP contribution in [0.3, 0.4) is 0 Å². The Kier molecular flexibility index (Phi) is 4.02. The molecule has 1 aromatic carbocycles. The molecular formula is C17H23NO3. The van der Waals surface area contributed by atoms with Gasteiger partial charge in [0, 0.05) is 25.6 Å². The average Bonchev–Trinajstić information content (AvgIpc) is 2.91. The fraction of sp³-hybridized carbons (Fsp3) is 0.529. The first kappa shape index (κ1) is 14.6. The number of para-hydroxylation sites is 1. The van der Waals surface area contributed by atoms with Crippen molar-refractivity contribution in [1.29, 1.82) is 0 Å². The van der Waals surface area contributed by atoms with E-state index in [-0.39, 0.29) is 5.60 Å². The predicted octanol–water partition coefficient (Wildman–Crippen LogP) is 2.97. The maximum absolute atomic E-state index is 10.4. The van der Waals surface area contributed by atoms with E-state index in [1.807, 2.05) is 30.3 Å². The molecule has 3 rings (SSSR count). The molecule has 1 aromatic heterocycles. The molecule has 1 aliphatic heterocycles. The fourth-order valence-electron chi connectivity index (χ4n) is 3.13. The maximum atomic E-state index is 10.4. The van der Waals surface area contributed by atoms with Gasteiger partial charge in [-0.05, 0) is 38.4 Å². The Morgan fingerprint density at radius 3 is 3.00 bits per heavy atom. The molecule has 1 saturated heterocycles. The van der Waals surface area contributed by atoms with Crippen LogP contribution >= 0.6 is 0 Å². The number of β-amino-alcohol motifs (C(OH)–C–C–N with tert-alkyl or cyclic N) is 1. The zero-order valence-corrected chi connectivity index (χ0v) is 12.7. The summed E-state index contributed by atoms with van der Waals surface area (Å²) in [5, 5.41) is 11.5. The SMILES string of the molecule is COC1(C)CCCN(CC(O)c2cc3ccccc3o2)C1. The molecule has 2 heterocycles. The van der Waals surface area contributed by atoms with Gasteiger partial charge in [-0.25, -0.2) is 0 Å². The third kappa shape index (κ3) is 3.12. The number of nitrogens with zero attached hydrogens (tertiary/aromatic N) is 1. The van der Waals surface area contributed by atoms with Crippen molar-refractivity contribution in [3.63, 3.8) is 0 Å².